The Bertz CT molecular complexity index is 1020. The Labute approximate surface area is 177 Å². The number of fused-ring (bicyclic) bond motifs is 1. The summed E-state index contributed by atoms with van der Waals surface area (Å²) in [4.78, 5) is 14.6. The van der Waals surface area contributed by atoms with E-state index in [1.165, 1.54) is 9.21 Å². The molecule has 2 aromatic carbocycles. The third kappa shape index (κ3) is 4.30. The number of amides is 1. The van der Waals surface area contributed by atoms with Gasteiger partial charge in [-0.1, -0.05) is 18.2 Å². The van der Waals surface area contributed by atoms with E-state index in [0.717, 1.165) is 5.56 Å². The lowest BCUT2D eigenvalue weighted by Crippen LogP contribution is -2.51. The maximum absolute atomic E-state index is 13.1. The van der Waals surface area contributed by atoms with Crippen molar-refractivity contribution in [3.05, 3.63) is 48.0 Å². The molecule has 9 heteroatoms. The van der Waals surface area contributed by atoms with Crippen LogP contribution in [0, 0.1) is 0 Å². The standard InChI is InChI=1S/C21H26N2O6S/c1-5-30(25,26)23-14-20(29-17-9-7-6-8-16(17)23)21(24)22(2)13-15-10-11-18(27-3)19(12-15)28-4/h6-12,20H,5,13-14H2,1-4H3. The number of rotatable bonds is 7. The van der Waals surface area contributed by atoms with Gasteiger partial charge >= 0.3 is 0 Å². The highest BCUT2D eigenvalue weighted by Gasteiger charge is 2.37. The number of carbonyl (C=O) groups excluding carboxylic acids is 1. The number of anilines is 1. The van der Waals surface area contributed by atoms with Crippen molar-refractivity contribution in [2.24, 2.45) is 0 Å². The monoisotopic (exact) mass is 434 g/mol. The minimum atomic E-state index is -3.55. The number of hydrogen-bond donors (Lipinski definition) is 0. The molecule has 0 aliphatic carbocycles. The third-order valence-electron chi connectivity index (χ3n) is 4.95. The van der Waals surface area contributed by atoms with Gasteiger partial charge in [-0.15, -0.1) is 0 Å². The SMILES string of the molecule is CCS(=O)(=O)N1CC(C(=O)N(C)Cc2ccc(OC)c(OC)c2)Oc2ccccc21. The second-order valence-electron chi connectivity index (χ2n) is 6.89. The van der Waals surface area contributed by atoms with Gasteiger partial charge in [-0.25, -0.2) is 8.42 Å². The number of ether oxygens (including phenoxy) is 3. The number of methoxy groups -OCH3 is 2. The molecule has 0 saturated heterocycles. The minimum absolute atomic E-state index is 0.0657. The Morgan fingerprint density at radius 3 is 2.53 bits per heavy atom. The van der Waals surface area contributed by atoms with Gasteiger partial charge in [-0.05, 0) is 36.8 Å². The first-order valence-corrected chi connectivity index (χ1v) is 11.1. The number of sulfonamides is 1. The van der Waals surface area contributed by atoms with Gasteiger partial charge in [0.15, 0.2) is 17.6 Å². The summed E-state index contributed by atoms with van der Waals surface area (Å²) in [6.45, 7) is 1.82. The Balaban J connectivity index is 1.81. The lowest BCUT2D eigenvalue weighted by Gasteiger charge is -2.36. The lowest BCUT2D eigenvalue weighted by atomic mass is 10.1. The molecule has 0 bridgehead atoms. The first kappa shape index (κ1) is 21.8. The van der Waals surface area contributed by atoms with Crippen molar-refractivity contribution in [1.29, 1.82) is 0 Å². The van der Waals surface area contributed by atoms with Crippen molar-refractivity contribution in [3.8, 4) is 17.2 Å². The van der Waals surface area contributed by atoms with E-state index >= 15 is 0 Å². The van der Waals surface area contributed by atoms with Crippen LogP contribution in [-0.4, -0.2) is 58.9 Å². The summed E-state index contributed by atoms with van der Waals surface area (Å²) in [6.07, 6.45) is -0.939. The molecule has 0 fully saturated rings. The van der Waals surface area contributed by atoms with E-state index in [1.54, 1.807) is 64.6 Å². The van der Waals surface area contributed by atoms with Crippen molar-refractivity contribution < 1.29 is 27.4 Å². The number of para-hydroxylation sites is 2. The van der Waals surface area contributed by atoms with Crippen LogP contribution in [0.25, 0.3) is 0 Å². The van der Waals surface area contributed by atoms with E-state index in [9.17, 15) is 13.2 Å². The predicted molar refractivity (Wildman–Crippen MR) is 114 cm³/mol. The fourth-order valence-corrected chi connectivity index (χ4v) is 4.45. The molecule has 0 N–H and O–H groups in total. The summed E-state index contributed by atoms with van der Waals surface area (Å²) < 4.78 is 42.9. The lowest BCUT2D eigenvalue weighted by molar-refractivity contribution is -0.137. The summed E-state index contributed by atoms with van der Waals surface area (Å²) in [5, 5.41) is 0. The van der Waals surface area contributed by atoms with Crippen LogP contribution in [0.15, 0.2) is 42.5 Å². The Morgan fingerprint density at radius 1 is 1.17 bits per heavy atom. The fourth-order valence-electron chi connectivity index (χ4n) is 3.33. The van der Waals surface area contributed by atoms with Gasteiger partial charge < -0.3 is 19.1 Å². The van der Waals surface area contributed by atoms with E-state index in [1.807, 2.05) is 6.07 Å². The Kier molecular flexibility index (Phi) is 6.40. The van der Waals surface area contributed by atoms with Gasteiger partial charge in [-0.2, -0.15) is 0 Å². The van der Waals surface area contributed by atoms with Crippen LogP contribution in [0.2, 0.25) is 0 Å². The van der Waals surface area contributed by atoms with Crippen molar-refractivity contribution in [3.63, 3.8) is 0 Å². The fraction of sp³-hybridized carbons (Fsp3) is 0.381. The maximum atomic E-state index is 13.1. The normalized spacial score (nSPS) is 15.7. The number of hydrogen-bond acceptors (Lipinski definition) is 6. The summed E-state index contributed by atoms with van der Waals surface area (Å²) in [6, 6.07) is 12.2. The van der Waals surface area contributed by atoms with Crippen LogP contribution in [0.5, 0.6) is 17.2 Å². The van der Waals surface area contributed by atoms with Gasteiger partial charge in [0.1, 0.15) is 5.75 Å². The number of likely N-dealkylation sites (N-methyl/N-ethyl adjacent to an activating group) is 1. The van der Waals surface area contributed by atoms with Crippen molar-refractivity contribution in [1.82, 2.24) is 4.90 Å². The van der Waals surface area contributed by atoms with Crippen LogP contribution < -0.4 is 18.5 Å². The molecule has 1 aliphatic rings. The molecule has 2 aromatic rings. The van der Waals surface area contributed by atoms with Crippen LogP contribution in [0.3, 0.4) is 0 Å². The molecule has 8 nitrogen and oxygen atoms in total. The van der Waals surface area contributed by atoms with Gasteiger partial charge in [0.05, 0.1) is 32.2 Å². The highest BCUT2D eigenvalue weighted by Crippen LogP contribution is 2.35. The zero-order valence-corrected chi connectivity index (χ0v) is 18.3. The van der Waals surface area contributed by atoms with Crippen LogP contribution >= 0.6 is 0 Å². The largest absolute Gasteiger partial charge is 0.493 e. The summed E-state index contributed by atoms with van der Waals surface area (Å²) in [7, 11) is 1.21. The van der Waals surface area contributed by atoms with Gasteiger partial charge in [-0.3, -0.25) is 9.10 Å². The quantitative estimate of drug-likeness (QED) is 0.665. The molecule has 1 atom stereocenters. The molecule has 0 saturated carbocycles. The molecule has 3 rings (SSSR count). The molecule has 1 aliphatic heterocycles. The first-order chi connectivity index (χ1) is 14.3. The number of carbonyl (C=O) groups is 1. The van der Waals surface area contributed by atoms with E-state index in [0.29, 0.717) is 29.5 Å². The molecule has 1 amide bonds. The molecule has 0 aromatic heterocycles. The van der Waals surface area contributed by atoms with Gasteiger partial charge in [0.25, 0.3) is 5.91 Å². The highest BCUT2D eigenvalue weighted by atomic mass is 32.2. The molecule has 1 unspecified atom stereocenters. The molecule has 0 spiro atoms. The van der Waals surface area contributed by atoms with Gasteiger partial charge in [0.2, 0.25) is 10.0 Å². The average molecular weight is 435 g/mol. The van der Waals surface area contributed by atoms with Crippen molar-refractivity contribution >= 4 is 21.6 Å². The topological polar surface area (TPSA) is 85.4 Å². The molecule has 1 heterocycles. The Hall–Kier alpha value is -2.94. The van der Waals surface area contributed by atoms with Crippen molar-refractivity contribution in [2.45, 2.75) is 19.6 Å². The number of benzene rings is 2. The molecular formula is C21H26N2O6S. The van der Waals surface area contributed by atoms with E-state index in [-0.39, 0.29) is 18.2 Å². The molecule has 162 valence electrons. The maximum Gasteiger partial charge on any atom is 0.265 e. The predicted octanol–water partition coefficient (Wildman–Crippen LogP) is 2.28. The number of nitrogens with zero attached hydrogens (tertiary/aromatic N) is 2. The van der Waals surface area contributed by atoms with Gasteiger partial charge in [0, 0.05) is 13.6 Å². The van der Waals surface area contributed by atoms with E-state index in [2.05, 4.69) is 0 Å². The molecule has 30 heavy (non-hydrogen) atoms. The minimum Gasteiger partial charge on any atom is -0.493 e. The smallest absolute Gasteiger partial charge is 0.265 e. The van der Waals surface area contributed by atoms with E-state index in [4.69, 9.17) is 14.2 Å². The van der Waals surface area contributed by atoms with E-state index < -0.39 is 16.1 Å². The van der Waals surface area contributed by atoms with Crippen molar-refractivity contribution in [2.75, 3.05) is 37.9 Å². The molecule has 0 radical (unpaired) electrons. The summed E-state index contributed by atoms with van der Waals surface area (Å²) >= 11 is 0. The second kappa shape index (κ2) is 8.83. The summed E-state index contributed by atoms with van der Waals surface area (Å²) in [5.41, 5.74) is 1.30. The Morgan fingerprint density at radius 2 is 1.87 bits per heavy atom. The van der Waals surface area contributed by atoms with Crippen LogP contribution in [0.1, 0.15) is 12.5 Å². The first-order valence-electron chi connectivity index (χ1n) is 9.52. The third-order valence-corrected chi connectivity index (χ3v) is 6.70. The highest BCUT2D eigenvalue weighted by molar-refractivity contribution is 7.92. The second-order valence-corrected chi connectivity index (χ2v) is 9.07. The summed E-state index contributed by atoms with van der Waals surface area (Å²) in [5.74, 6) is 1.17. The average Bonchev–Trinajstić information content (AvgIpc) is 2.77. The zero-order chi connectivity index (χ0) is 21.9. The molecular weight excluding hydrogens is 408 g/mol. The van der Waals surface area contributed by atoms with Crippen LogP contribution in [-0.2, 0) is 21.4 Å². The van der Waals surface area contributed by atoms with Crippen LogP contribution in [0.4, 0.5) is 5.69 Å². The zero-order valence-electron chi connectivity index (χ0n) is 17.5.